The maximum atomic E-state index is 2.50. The summed E-state index contributed by atoms with van der Waals surface area (Å²) >= 11 is 2.05. The Labute approximate surface area is 139 Å². The van der Waals surface area contributed by atoms with Gasteiger partial charge in [0.05, 0.1) is 13.1 Å². The molecule has 2 heterocycles. The summed E-state index contributed by atoms with van der Waals surface area (Å²) in [7, 11) is -1.05. The van der Waals surface area contributed by atoms with Crippen molar-refractivity contribution in [1.29, 1.82) is 0 Å². The molecule has 0 spiro atoms. The van der Waals surface area contributed by atoms with Gasteiger partial charge in [-0.15, -0.1) is 11.8 Å². The van der Waals surface area contributed by atoms with E-state index in [4.69, 9.17) is 0 Å². The number of fused-ring (bicyclic) bond motifs is 1. The lowest BCUT2D eigenvalue weighted by Gasteiger charge is -2.18. The number of aromatic nitrogens is 1. The summed E-state index contributed by atoms with van der Waals surface area (Å²) in [6.07, 6.45) is 7.08. The van der Waals surface area contributed by atoms with E-state index in [1.807, 2.05) is 11.8 Å². The predicted molar refractivity (Wildman–Crippen MR) is 102 cm³/mol. The van der Waals surface area contributed by atoms with Crippen LogP contribution in [0.4, 0.5) is 0 Å². The summed E-state index contributed by atoms with van der Waals surface area (Å²) in [4.78, 5) is 0. The van der Waals surface area contributed by atoms with Crippen LogP contribution in [-0.2, 0) is 6.42 Å². The highest BCUT2D eigenvalue weighted by Gasteiger charge is 2.20. The fraction of sp³-hybridized carbons (Fsp3) is 0.368. The molecule has 0 radical (unpaired) electrons. The van der Waals surface area contributed by atoms with Crippen LogP contribution in [0.15, 0.2) is 54.7 Å². The molecule has 1 unspecified atom stereocenters. The normalized spacial score (nSPS) is 18.5. The number of aryl methyl sites for hydroxylation is 1. The average Bonchev–Trinajstić information content (AvgIpc) is 2.88. The molecule has 2 aromatic rings. The van der Waals surface area contributed by atoms with Crippen LogP contribution in [0.3, 0.4) is 0 Å². The highest BCUT2D eigenvalue weighted by Crippen LogP contribution is 2.35. The first-order chi connectivity index (χ1) is 10.5. The van der Waals surface area contributed by atoms with Crippen molar-refractivity contribution in [3.05, 3.63) is 66.0 Å². The van der Waals surface area contributed by atoms with Gasteiger partial charge in [0.2, 0.25) is 0 Å². The Morgan fingerprint density at radius 2 is 1.86 bits per heavy atom. The second-order valence-corrected chi connectivity index (χ2v) is 14.3. The SMILES string of the molecule is C[Si](C)(C)CSC1=CC(c2ccccc2)CCc2cccn21. The molecule has 22 heavy (non-hydrogen) atoms. The predicted octanol–water partition coefficient (Wildman–Crippen LogP) is 5.63. The van der Waals surface area contributed by atoms with Gasteiger partial charge >= 0.3 is 0 Å². The molecule has 0 amide bonds. The third-order valence-electron chi connectivity index (χ3n) is 4.01. The van der Waals surface area contributed by atoms with Gasteiger partial charge < -0.3 is 4.57 Å². The fourth-order valence-electron chi connectivity index (χ4n) is 2.85. The third kappa shape index (κ3) is 3.76. The minimum absolute atomic E-state index is 0.533. The molecule has 0 aliphatic carbocycles. The number of hydrogen-bond donors (Lipinski definition) is 0. The molecule has 0 saturated carbocycles. The van der Waals surface area contributed by atoms with Crippen molar-refractivity contribution in [3.63, 3.8) is 0 Å². The largest absolute Gasteiger partial charge is 0.316 e. The van der Waals surface area contributed by atoms with Crippen LogP contribution in [0.5, 0.6) is 0 Å². The molecule has 1 nitrogen and oxygen atoms in total. The Morgan fingerprint density at radius 3 is 2.59 bits per heavy atom. The molecule has 1 aliphatic heterocycles. The van der Waals surface area contributed by atoms with Gasteiger partial charge in [0.15, 0.2) is 0 Å². The quantitative estimate of drug-likeness (QED) is 0.659. The van der Waals surface area contributed by atoms with E-state index in [1.165, 1.54) is 28.1 Å². The molecule has 1 aromatic heterocycles. The van der Waals surface area contributed by atoms with Crippen LogP contribution in [0.2, 0.25) is 19.6 Å². The lowest BCUT2D eigenvalue weighted by molar-refractivity contribution is 0.734. The summed E-state index contributed by atoms with van der Waals surface area (Å²) in [5.41, 5.74) is 2.90. The van der Waals surface area contributed by atoms with Crippen LogP contribution in [0.1, 0.15) is 23.6 Å². The van der Waals surface area contributed by atoms with Crippen molar-refractivity contribution in [2.45, 2.75) is 38.4 Å². The Balaban J connectivity index is 1.91. The molecule has 1 aromatic carbocycles. The highest BCUT2D eigenvalue weighted by atomic mass is 32.2. The number of hydrogen-bond acceptors (Lipinski definition) is 1. The third-order valence-corrected chi connectivity index (χ3v) is 8.68. The van der Waals surface area contributed by atoms with Gasteiger partial charge in [0.1, 0.15) is 0 Å². The van der Waals surface area contributed by atoms with Crippen LogP contribution >= 0.6 is 11.8 Å². The fourth-order valence-corrected chi connectivity index (χ4v) is 5.75. The van der Waals surface area contributed by atoms with E-state index in [0.29, 0.717) is 5.92 Å². The van der Waals surface area contributed by atoms with Crippen LogP contribution in [-0.4, -0.2) is 18.0 Å². The van der Waals surface area contributed by atoms with E-state index >= 15 is 0 Å². The topological polar surface area (TPSA) is 4.93 Å². The number of nitrogens with zero attached hydrogens (tertiary/aromatic N) is 1. The number of rotatable bonds is 4. The van der Waals surface area contributed by atoms with E-state index in [-0.39, 0.29) is 0 Å². The Hall–Kier alpha value is -1.19. The second kappa shape index (κ2) is 6.51. The average molecular weight is 328 g/mol. The number of allylic oxidation sites excluding steroid dienone is 1. The summed E-state index contributed by atoms with van der Waals surface area (Å²) in [6, 6.07) is 15.4. The molecule has 0 N–H and O–H groups in total. The van der Waals surface area contributed by atoms with Crippen LogP contribution in [0.25, 0.3) is 5.03 Å². The minimum Gasteiger partial charge on any atom is -0.316 e. The Morgan fingerprint density at radius 1 is 1.09 bits per heavy atom. The van der Waals surface area contributed by atoms with Gasteiger partial charge in [-0.2, -0.15) is 0 Å². The van der Waals surface area contributed by atoms with E-state index < -0.39 is 8.07 Å². The maximum Gasteiger partial charge on any atom is 0.0753 e. The van der Waals surface area contributed by atoms with Crippen molar-refractivity contribution in [2.75, 3.05) is 5.38 Å². The lowest BCUT2D eigenvalue weighted by atomic mass is 9.94. The zero-order chi connectivity index (χ0) is 15.6. The standard InChI is InChI=1S/C19H25NSSi/c1-22(2,3)15-21-19-14-17(16-8-5-4-6-9-16)11-12-18-10-7-13-20(18)19/h4-10,13-14,17H,11-12,15H2,1-3H3. The summed E-state index contributed by atoms with van der Waals surface area (Å²) in [5, 5.41) is 2.70. The molecule has 0 saturated heterocycles. The first kappa shape index (κ1) is 15.7. The van der Waals surface area contributed by atoms with E-state index in [1.54, 1.807) is 0 Å². The summed E-state index contributed by atoms with van der Waals surface area (Å²) < 4.78 is 2.41. The maximum absolute atomic E-state index is 2.50. The summed E-state index contributed by atoms with van der Waals surface area (Å²) in [5.74, 6) is 0.533. The number of benzene rings is 1. The zero-order valence-electron chi connectivity index (χ0n) is 13.8. The first-order valence-electron chi connectivity index (χ1n) is 8.09. The minimum atomic E-state index is -1.05. The van der Waals surface area contributed by atoms with E-state index in [0.717, 1.165) is 6.42 Å². The van der Waals surface area contributed by atoms with Gasteiger partial charge in [-0.25, -0.2) is 0 Å². The van der Waals surface area contributed by atoms with Gasteiger partial charge in [0, 0.05) is 17.8 Å². The van der Waals surface area contributed by atoms with Gasteiger partial charge in [-0.3, -0.25) is 0 Å². The van der Waals surface area contributed by atoms with Crippen molar-refractivity contribution in [3.8, 4) is 0 Å². The van der Waals surface area contributed by atoms with Gasteiger partial charge in [-0.05, 0) is 42.0 Å². The molecule has 0 fully saturated rings. The van der Waals surface area contributed by atoms with Crippen molar-refractivity contribution >= 4 is 24.9 Å². The van der Waals surface area contributed by atoms with Gasteiger partial charge in [0.25, 0.3) is 0 Å². The first-order valence-corrected chi connectivity index (χ1v) is 12.8. The zero-order valence-corrected chi connectivity index (χ0v) is 15.6. The Kier molecular flexibility index (Phi) is 4.64. The van der Waals surface area contributed by atoms with E-state index in [2.05, 4.69) is 78.9 Å². The molecule has 3 heteroatoms. The molecule has 1 aliphatic rings. The van der Waals surface area contributed by atoms with Crippen LogP contribution < -0.4 is 0 Å². The van der Waals surface area contributed by atoms with Gasteiger partial charge in [-0.1, -0.05) is 50.0 Å². The van der Waals surface area contributed by atoms with Crippen LogP contribution in [0, 0.1) is 0 Å². The smallest absolute Gasteiger partial charge is 0.0753 e. The second-order valence-electron chi connectivity index (χ2n) is 7.28. The molecular weight excluding hydrogens is 302 g/mol. The van der Waals surface area contributed by atoms with Crippen molar-refractivity contribution in [1.82, 2.24) is 4.57 Å². The highest BCUT2D eigenvalue weighted by molar-refractivity contribution is 8.09. The molecular formula is C19H25NSSi. The van der Waals surface area contributed by atoms with Crippen molar-refractivity contribution in [2.24, 2.45) is 0 Å². The molecule has 3 rings (SSSR count). The van der Waals surface area contributed by atoms with E-state index in [9.17, 15) is 0 Å². The monoisotopic (exact) mass is 327 g/mol. The molecule has 1 atom stereocenters. The lowest BCUT2D eigenvalue weighted by Crippen LogP contribution is -2.24. The molecule has 116 valence electrons. The number of thioether (sulfide) groups is 1. The summed E-state index contributed by atoms with van der Waals surface area (Å²) in [6.45, 7) is 7.34. The molecule has 0 bridgehead atoms. The Bertz CT molecular complexity index is 652. The van der Waals surface area contributed by atoms with Crippen molar-refractivity contribution < 1.29 is 0 Å².